The molecule has 16 heavy (non-hydrogen) atoms. The van der Waals surface area contributed by atoms with Crippen LogP contribution in [0.25, 0.3) is 0 Å². The Bertz CT molecular complexity index is 388. The first-order valence-corrected chi connectivity index (χ1v) is 5.66. The molecule has 0 unspecified atom stereocenters. The van der Waals surface area contributed by atoms with Crippen molar-refractivity contribution in [3.05, 3.63) is 29.8 Å². The zero-order valence-electron chi connectivity index (χ0n) is 9.03. The van der Waals surface area contributed by atoms with Crippen molar-refractivity contribution < 1.29 is 14.3 Å². The van der Waals surface area contributed by atoms with E-state index in [4.69, 9.17) is 21.1 Å². The third-order valence-corrected chi connectivity index (χ3v) is 3.31. The number of benzene rings is 1. The van der Waals surface area contributed by atoms with Crippen LogP contribution in [-0.4, -0.2) is 19.0 Å². The van der Waals surface area contributed by atoms with Gasteiger partial charge in [-0.2, -0.15) is 0 Å². The van der Waals surface area contributed by atoms with Crippen molar-refractivity contribution in [2.24, 2.45) is 0 Å². The van der Waals surface area contributed by atoms with Crippen LogP contribution in [0.5, 0.6) is 5.75 Å². The summed E-state index contributed by atoms with van der Waals surface area (Å²) in [5.74, 6) is 0.875. The largest absolute Gasteiger partial charge is 0.497 e. The van der Waals surface area contributed by atoms with E-state index in [1.807, 2.05) is 24.3 Å². The maximum Gasteiger partial charge on any atom is 0.306 e. The van der Waals surface area contributed by atoms with E-state index < -0.39 is 5.60 Å². The van der Waals surface area contributed by atoms with E-state index >= 15 is 0 Å². The van der Waals surface area contributed by atoms with Gasteiger partial charge in [-0.3, -0.25) is 4.79 Å². The standard InChI is InChI=1S/C12H13ClO3/c1-15-10-4-2-9(3-5-10)12(8-13)7-6-11(14)16-12/h2-5H,6-8H2,1H3/t12-/m0/s1. The van der Waals surface area contributed by atoms with E-state index in [2.05, 4.69) is 0 Å². The molecule has 0 bridgehead atoms. The summed E-state index contributed by atoms with van der Waals surface area (Å²) in [5.41, 5.74) is 0.277. The SMILES string of the molecule is COc1ccc([C@@]2(CCl)CCC(=O)O2)cc1. The molecule has 2 rings (SSSR count). The molecule has 0 aromatic heterocycles. The maximum atomic E-state index is 11.2. The summed E-state index contributed by atoms with van der Waals surface area (Å²) in [7, 11) is 1.61. The molecule has 1 aliphatic rings. The molecular formula is C12H13ClO3. The number of ether oxygens (including phenoxy) is 2. The van der Waals surface area contributed by atoms with Crippen LogP contribution >= 0.6 is 11.6 Å². The number of cyclic esters (lactones) is 1. The van der Waals surface area contributed by atoms with Crippen molar-refractivity contribution in [3.8, 4) is 5.75 Å². The Morgan fingerprint density at radius 3 is 2.56 bits per heavy atom. The molecule has 0 spiro atoms. The molecule has 1 aromatic rings. The molecule has 1 aromatic carbocycles. The summed E-state index contributed by atoms with van der Waals surface area (Å²) >= 11 is 5.93. The molecule has 0 amide bonds. The minimum Gasteiger partial charge on any atom is -0.497 e. The van der Waals surface area contributed by atoms with Crippen LogP contribution in [0.1, 0.15) is 18.4 Å². The van der Waals surface area contributed by atoms with Gasteiger partial charge in [0.05, 0.1) is 13.0 Å². The number of alkyl halides is 1. The molecule has 1 aliphatic heterocycles. The van der Waals surface area contributed by atoms with Crippen LogP contribution in [0, 0.1) is 0 Å². The topological polar surface area (TPSA) is 35.5 Å². The predicted octanol–water partition coefficient (Wildman–Crippen LogP) is 2.47. The van der Waals surface area contributed by atoms with E-state index in [9.17, 15) is 4.79 Å². The van der Waals surface area contributed by atoms with Crippen molar-refractivity contribution in [2.45, 2.75) is 18.4 Å². The lowest BCUT2D eigenvalue weighted by atomic mass is 9.93. The zero-order valence-corrected chi connectivity index (χ0v) is 9.79. The fourth-order valence-electron chi connectivity index (χ4n) is 1.89. The van der Waals surface area contributed by atoms with Crippen molar-refractivity contribution >= 4 is 17.6 Å². The highest BCUT2D eigenvalue weighted by Gasteiger charge is 2.41. The van der Waals surface area contributed by atoms with Crippen molar-refractivity contribution in [1.29, 1.82) is 0 Å². The fourth-order valence-corrected chi connectivity index (χ4v) is 2.24. The lowest BCUT2D eigenvalue weighted by molar-refractivity contribution is -0.147. The summed E-state index contributed by atoms with van der Waals surface area (Å²) in [5, 5.41) is 0. The van der Waals surface area contributed by atoms with E-state index in [1.54, 1.807) is 7.11 Å². The number of methoxy groups -OCH3 is 1. The van der Waals surface area contributed by atoms with Gasteiger partial charge in [-0.05, 0) is 17.7 Å². The molecule has 4 heteroatoms. The molecule has 0 radical (unpaired) electrons. The van der Waals surface area contributed by atoms with E-state index in [0.29, 0.717) is 12.8 Å². The molecule has 1 atom stereocenters. The van der Waals surface area contributed by atoms with Gasteiger partial charge < -0.3 is 9.47 Å². The van der Waals surface area contributed by atoms with E-state index in [1.165, 1.54) is 0 Å². The summed E-state index contributed by atoms with van der Waals surface area (Å²) in [4.78, 5) is 11.2. The van der Waals surface area contributed by atoms with Gasteiger partial charge in [-0.25, -0.2) is 0 Å². The average molecular weight is 241 g/mol. The van der Waals surface area contributed by atoms with Gasteiger partial charge in [0, 0.05) is 12.8 Å². The van der Waals surface area contributed by atoms with Crippen LogP contribution < -0.4 is 4.74 Å². The average Bonchev–Trinajstić information content (AvgIpc) is 2.72. The number of halogens is 1. The van der Waals surface area contributed by atoms with Gasteiger partial charge in [-0.1, -0.05) is 12.1 Å². The summed E-state index contributed by atoms with van der Waals surface area (Å²) in [6, 6.07) is 7.46. The lowest BCUT2D eigenvalue weighted by Crippen LogP contribution is -2.27. The fraction of sp³-hybridized carbons (Fsp3) is 0.417. The van der Waals surface area contributed by atoms with Gasteiger partial charge in [0.15, 0.2) is 5.60 Å². The van der Waals surface area contributed by atoms with Crippen LogP contribution in [0.2, 0.25) is 0 Å². The molecule has 1 heterocycles. The zero-order chi connectivity index (χ0) is 11.6. The number of hydrogen-bond donors (Lipinski definition) is 0. The quantitative estimate of drug-likeness (QED) is 0.602. The minimum atomic E-state index is -0.648. The number of hydrogen-bond acceptors (Lipinski definition) is 3. The molecular weight excluding hydrogens is 228 g/mol. The molecule has 0 aliphatic carbocycles. The third-order valence-electron chi connectivity index (χ3n) is 2.87. The third kappa shape index (κ3) is 1.87. The lowest BCUT2D eigenvalue weighted by Gasteiger charge is -2.25. The van der Waals surface area contributed by atoms with Crippen molar-refractivity contribution in [3.63, 3.8) is 0 Å². The number of rotatable bonds is 3. The first-order valence-electron chi connectivity index (χ1n) is 5.12. The van der Waals surface area contributed by atoms with Gasteiger partial charge in [0.2, 0.25) is 0 Å². The highest BCUT2D eigenvalue weighted by Crippen LogP contribution is 2.38. The first-order chi connectivity index (χ1) is 7.70. The molecule has 86 valence electrons. The Hall–Kier alpha value is -1.22. The summed E-state index contributed by atoms with van der Waals surface area (Å²) in [6.07, 6.45) is 1.07. The Morgan fingerprint density at radius 1 is 1.44 bits per heavy atom. The number of carbonyl (C=O) groups excluding carboxylic acids is 1. The van der Waals surface area contributed by atoms with Crippen LogP contribution in [0.4, 0.5) is 0 Å². The Kier molecular flexibility index (Phi) is 3.06. The predicted molar refractivity (Wildman–Crippen MR) is 60.7 cm³/mol. The molecule has 0 N–H and O–H groups in total. The Balaban J connectivity index is 2.30. The highest BCUT2D eigenvalue weighted by molar-refractivity contribution is 6.18. The Morgan fingerprint density at radius 2 is 2.12 bits per heavy atom. The smallest absolute Gasteiger partial charge is 0.306 e. The second kappa shape index (κ2) is 4.34. The molecule has 0 saturated carbocycles. The molecule has 1 fully saturated rings. The number of esters is 1. The highest BCUT2D eigenvalue weighted by atomic mass is 35.5. The van der Waals surface area contributed by atoms with Crippen LogP contribution in [0.3, 0.4) is 0 Å². The van der Waals surface area contributed by atoms with Crippen LogP contribution in [0.15, 0.2) is 24.3 Å². The monoisotopic (exact) mass is 240 g/mol. The second-order valence-corrected chi connectivity index (χ2v) is 4.10. The molecule has 3 nitrogen and oxygen atoms in total. The van der Waals surface area contributed by atoms with E-state index in [0.717, 1.165) is 11.3 Å². The molecule has 1 saturated heterocycles. The van der Waals surface area contributed by atoms with Crippen LogP contribution in [-0.2, 0) is 15.1 Å². The van der Waals surface area contributed by atoms with Gasteiger partial charge in [-0.15, -0.1) is 11.6 Å². The van der Waals surface area contributed by atoms with Gasteiger partial charge in [0.25, 0.3) is 0 Å². The summed E-state index contributed by atoms with van der Waals surface area (Å²) < 4.78 is 10.4. The van der Waals surface area contributed by atoms with E-state index in [-0.39, 0.29) is 11.8 Å². The first kappa shape index (κ1) is 11.3. The normalized spacial score (nSPS) is 24.2. The Labute approximate surface area is 99.3 Å². The minimum absolute atomic E-state index is 0.184. The van der Waals surface area contributed by atoms with Gasteiger partial charge >= 0.3 is 5.97 Å². The maximum absolute atomic E-state index is 11.2. The van der Waals surface area contributed by atoms with Crippen molar-refractivity contribution in [2.75, 3.05) is 13.0 Å². The number of carbonyl (C=O) groups is 1. The second-order valence-electron chi connectivity index (χ2n) is 3.83. The van der Waals surface area contributed by atoms with Crippen molar-refractivity contribution in [1.82, 2.24) is 0 Å². The summed E-state index contributed by atoms with van der Waals surface area (Å²) in [6.45, 7) is 0. The van der Waals surface area contributed by atoms with Gasteiger partial charge in [0.1, 0.15) is 5.75 Å².